The normalized spacial score (nSPS) is 43.7. The Morgan fingerprint density at radius 2 is 1.53 bits per heavy atom. The van der Waals surface area contributed by atoms with Crippen LogP contribution in [0.5, 0.6) is 0 Å². The van der Waals surface area contributed by atoms with Crippen molar-refractivity contribution in [2.24, 2.45) is 56.7 Å². The van der Waals surface area contributed by atoms with Crippen molar-refractivity contribution < 1.29 is 5.11 Å². The fourth-order valence-electron chi connectivity index (χ4n) is 14.6. The zero-order valence-electron chi connectivity index (χ0n) is 32.5. The predicted octanol–water partition coefficient (Wildman–Crippen LogP) is 9.19. The molecule has 0 unspecified atom stereocenters. The lowest BCUT2D eigenvalue weighted by molar-refractivity contribution is -0.248. The molecule has 6 fully saturated rings. The first-order valence-corrected chi connectivity index (χ1v) is 20.9. The number of piperazine rings is 1. The largest absolute Gasteiger partial charge is 0.393 e. The molecule has 0 aromatic heterocycles. The van der Waals surface area contributed by atoms with Crippen molar-refractivity contribution in [3.8, 4) is 0 Å². The predicted molar refractivity (Wildman–Crippen MR) is 205 cm³/mol. The Morgan fingerprint density at radius 3 is 2.27 bits per heavy atom. The smallest absolute Gasteiger partial charge is 0.0594 e. The summed E-state index contributed by atoms with van der Waals surface area (Å²) in [6.45, 7) is 29.4. The summed E-state index contributed by atoms with van der Waals surface area (Å²) in [5, 5.41) is 15.0. The second kappa shape index (κ2) is 13.7. The third kappa shape index (κ3) is 6.13. The highest BCUT2D eigenvalue weighted by molar-refractivity contribution is 5.21. The molecule has 2 N–H and O–H groups in total. The summed E-state index contributed by atoms with van der Waals surface area (Å²) in [5.74, 6) is 3.82. The lowest BCUT2D eigenvalue weighted by atomic mass is 9.32. The number of nitrogens with one attached hydrogen (secondary N) is 1. The van der Waals surface area contributed by atoms with Crippen LogP contribution in [0.2, 0.25) is 0 Å². The molecule has 7 rings (SSSR count). The van der Waals surface area contributed by atoms with Crippen molar-refractivity contribution in [3.05, 3.63) is 48.0 Å². The zero-order valence-corrected chi connectivity index (χ0v) is 32.5. The quantitative estimate of drug-likeness (QED) is 0.192. The number of rotatable bonds is 10. The standard InChI is InChI=1S/C45H73N3O/c1-33(2)35-16-22-45(19-11-25-46-26-27-47-28-30-48(31-29-47)32-34-12-9-8-10-13-34)24-23-43(6)36(40(35)45)14-15-38-42(5)20-18-39(49)41(3,4)37(42)17-21-44(38,43)7/h8-10,12-13,35-40,46,49H,1,11,14-32H2,2-7H3/t35-,36+,37-,38+,39-,40+,42-,43+,44+,45+/m0/s1. The van der Waals surface area contributed by atoms with Gasteiger partial charge in [-0.2, -0.15) is 0 Å². The minimum absolute atomic E-state index is 0.0375. The van der Waals surface area contributed by atoms with Gasteiger partial charge in [-0.15, -0.1) is 0 Å². The molecule has 0 spiro atoms. The van der Waals surface area contributed by atoms with Gasteiger partial charge in [0.15, 0.2) is 0 Å². The Hall–Kier alpha value is -1.20. The Balaban J connectivity index is 0.956. The third-order valence-electron chi connectivity index (χ3n) is 17.6. The summed E-state index contributed by atoms with van der Waals surface area (Å²) < 4.78 is 0. The second-order valence-electron chi connectivity index (χ2n) is 19.9. The summed E-state index contributed by atoms with van der Waals surface area (Å²) >= 11 is 0. The number of hydrogen-bond donors (Lipinski definition) is 2. The molecule has 274 valence electrons. The molecule has 49 heavy (non-hydrogen) atoms. The average Bonchev–Trinajstić information content (AvgIpc) is 3.46. The fraction of sp³-hybridized carbons (Fsp3) is 0.822. The van der Waals surface area contributed by atoms with Gasteiger partial charge in [-0.25, -0.2) is 0 Å². The van der Waals surface area contributed by atoms with Crippen LogP contribution in [-0.2, 0) is 6.54 Å². The van der Waals surface area contributed by atoms with Crippen molar-refractivity contribution in [2.75, 3.05) is 45.8 Å². The van der Waals surface area contributed by atoms with Gasteiger partial charge in [0.05, 0.1) is 6.10 Å². The third-order valence-corrected chi connectivity index (χ3v) is 17.6. The van der Waals surface area contributed by atoms with E-state index in [0.29, 0.717) is 33.5 Å². The highest BCUT2D eigenvalue weighted by Crippen LogP contribution is 2.78. The van der Waals surface area contributed by atoms with Crippen LogP contribution >= 0.6 is 0 Å². The Labute approximate surface area is 301 Å². The summed E-state index contributed by atoms with van der Waals surface area (Å²) in [6.07, 6.45) is 16.0. The number of fused-ring (bicyclic) bond motifs is 7. The molecular weight excluding hydrogens is 599 g/mol. The molecule has 1 aromatic rings. The maximum Gasteiger partial charge on any atom is 0.0594 e. The molecule has 0 amide bonds. The number of nitrogens with zero attached hydrogens (tertiary/aromatic N) is 2. The summed E-state index contributed by atoms with van der Waals surface area (Å²) in [7, 11) is 0. The number of aliphatic hydroxyl groups is 1. The summed E-state index contributed by atoms with van der Waals surface area (Å²) in [6, 6.07) is 11.0. The highest BCUT2D eigenvalue weighted by atomic mass is 16.3. The van der Waals surface area contributed by atoms with Gasteiger partial charge < -0.3 is 10.4 Å². The SMILES string of the molecule is C=C(C)[C@@H]1CC[C@]2(CCCNCCN3CCN(Cc4ccccc4)CC3)CC[C@]3(C)[C@H](CC[C@@H]4[C@@]5(C)CC[C@H](O)C(C)(C)[C@@H]5CC[C@]43C)[C@@H]12. The molecule has 1 saturated heterocycles. The first kappa shape index (κ1) is 36.2. The van der Waals surface area contributed by atoms with E-state index in [1.54, 1.807) is 0 Å². The van der Waals surface area contributed by atoms with Gasteiger partial charge in [-0.3, -0.25) is 9.80 Å². The van der Waals surface area contributed by atoms with Crippen LogP contribution in [0, 0.1) is 56.7 Å². The van der Waals surface area contributed by atoms with Crippen LogP contribution in [-0.4, -0.2) is 66.8 Å². The van der Waals surface area contributed by atoms with Crippen LogP contribution in [0.25, 0.3) is 0 Å². The molecule has 6 aliphatic rings. The number of aliphatic hydroxyl groups excluding tert-OH is 1. The van der Waals surface area contributed by atoms with Crippen LogP contribution in [0.4, 0.5) is 0 Å². The topological polar surface area (TPSA) is 38.7 Å². The Kier molecular flexibility index (Phi) is 10.1. The van der Waals surface area contributed by atoms with Crippen molar-refractivity contribution in [1.29, 1.82) is 0 Å². The van der Waals surface area contributed by atoms with Crippen molar-refractivity contribution in [2.45, 2.75) is 131 Å². The molecule has 1 aromatic carbocycles. The molecule has 4 heteroatoms. The van der Waals surface area contributed by atoms with Crippen LogP contribution < -0.4 is 5.32 Å². The van der Waals surface area contributed by atoms with E-state index in [9.17, 15) is 5.11 Å². The van der Waals surface area contributed by atoms with Gasteiger partial charge in [-0.05, 0) is 153 Å². The van der Waals surface area contributed by atoms with Crippen LogP contribution in [0.15, 0.2) is 42.5 Å². The van der Waals surface area contributed by atoms with Crippen LogP contribution in [0.1, 0.15) is 124 Å². The second-order valence-corrected chi connectivity index (χ2v) is 19.9. The minimum atomic E-state index is -0.137. The van der Waals surface area contributed by atoms with Crippen molar-refractivity contribution in [1.82, 2.24) is 15.1 Å². The van der Waals surface area contributed by atoms with E-state index in [4.69, 9.17) is 0 Å². The van der Waals surface area contributed by atoms with E-state index in [1.165, 1.54) is 121 Å². The zero-order chi connectivity index (χ0) is 34.7. The van der Waals surface area contributed by atoms with Gasteiger partial charge in [0, 0.05) is 45.8 Å². The van der Waals surface area contributed by atoms with Gasteiger partial charge in [0.25, 0.3) is 0 Å². The maximum absolute atomic E-state index is 11.1. The molecule has 0 radical (unpaired) electrons. The van der Waals surface area contributed by atoms with E-state index in [2.05, 4.69) is 93.6 Å². The van der Waals surface area contributed by atoms with E-state index in [0.717, 1.165) is 37.3 Å². The lowest BCUT2D eigenvalue weighted by Gasteiger charge is -2.73. The van der Waals surface area contributed by atoms with E-state index >= 15 is 0 Å². The average molecular weight is 672 g/mol. The molecule has 5 aliphatic carbocycles. The molecule has 5 saturated carbocycles. The van der Waals surface area contributed by atoms with Crippen LogP contribution in [0.3, 0.4) is 0 Å². The summed E-state index contributed by atoms with van der Waals surface area (Å²) in [4.78, 5) is 5.28. The number of benzene rings is 1. The highest BCUT2D eigenvalue weighted by Gasteiger charge is 2.70. The molecule has 1 aliphatic heterocycles. The lowest BCUT2D eigenvalue weighted by Crippen LogP contribution is -2.66. The first-order valence-electron chi connectivity index (χ1n) is 20.9. The molecular formula is C45H73N3O. The van der Waals surface area contributed by atoms with Crippen molar-refractivity contribution in [3.63, 3.8) is 0 Å². The van der Waals surface area contributed by atoms with Crippen molar-refractivity contribution >= 4 is 0 Å². The molecule has 10 atom stereocenters. The molecule has 0 bridgehead atoms. The van der Waals surface area contributed by atoms with Gasteiger partial charge in [0.1, 0.15) is 0 Å². The molecule has 1 heterocycles. The number of hydrogen-bond acceptors (Lipinski definition) is 4. The minimum Gasteiger partial charge on any atom is -0.393 e. The summed E-state index contributed by atoms with van der Waals surface area (Å²) in [5.41, 5.74) is 4.66. The Bertz CT molecular complexity index is 1300. The van der Waals surface area contributed by atoms with Gasteiger partial charge in [0.2, 0.25) is 0 Å². The van der Waals surface area contributed by atoms with E-state index < -0.39 is 0 Å². The number of allylic oxidation sites excluding steroid dienone is 1. The fourth-order valence-corrected chi connectivity index (χ4v) is 14.6. The van der Waals surface area contributed by atoms with E-state index in [1.807, 2.05) is 0 Å². The van der Waals surface area contributed by atoms with Gasteiger partial charge >= 0.3 is 0 Å². The van der Waals surface area contributed by atoms with Gasteiger partial charge in [-0.1, -0.05) is 77.1 Å². The molecule has 4 nitrogen and oxygen atoms in total. The monoisotopic (exact) mass is 672 g/mol. The van der Waals surface area contributed by atoms with E-state index in [-0.39, 0.29) is 11.5 Å². The first-order chi connectivity index (χ1) is 23.3. The Morgan fingerprint density at radius 1 is 0.796 bits per heavy atom. The maximum atomic E-state index is 11.1.